The molecule has 0 aliphatic rings. The van der Waals surface area contributed by atoms with Crippen molar-refractivity contribution in [3.8, 4) is 0 Å². The minimum absolute atomic E-state index is 0.00406. The molecule has 1 aromatic heterocycles. The zero-order valence-electron chi connectivity index (χ0n) is 12.3. The van der Waals surface area contributed by atoms with Crippen molar-refractivity contribution < 1.29 is 18.0 Å². The van der Waals surface area contributed by atoms with Crippen LogP contribution in [0.3, 0.4) is 0 Å². The summed E-state index contributed by atoms with van der Waals surface area (Å²) in [6.07, 6.45) is -5.08. The zero-order chi connectivity index (χ0) is 15.5. The molecule has 1 rings (SSSR count). The molecule has 0 N–H and O–H groups in total. The highest BCUT2D eigenvalue weighted by molar-refractivity contribution is 5.99. The number of rotatable bonds is 6. The number of Topliss-reactive ketones (excluding diaryl/α,β-unsaturated/α-hetero) is 1. The average molecular weight is 290 g/mol. The van der Waals surface area contributed by atoms with E-state index in [-0.39, 0.29) is 18.9 Å². The Bertz CT molecular complexity index is 477. The van der Waals surface area contributed by atoms with E-state index in [1.165, 1.54) is 11.9 Å². The van der Waals surface area contributed by atoms with Crippen molar-refractivity contribution in [1.82, 2.24) is 9.47 Å². The van der Waals surface area contributed by atoms with Crippen LogP contribution in [-0.2, 0) is 6.54 Å². The monoisotopic (exact) mass is 290 g/mol. The van der Waals surface area contributed by atoms with Gasteiger partial charge in [0.15, 0.2) is 5.78 Å². The molecule has 3 nitrogen and oxygen atoms in total. The Morgan fingerprint density at radius 2 is 1.95 bits per heavy atom. The molecule has 0 fully saturated rings. The van der Waals surface area contributed by atoms with Gasteiger partial charge in [0.2, 0.25) is 0 Å². The topological polar surface area (TPSA) is 25.2 Å². The normalized spacial score (nSPS) is 12.2. The standard InChI is InChI=1S/C14H21F3N2O/c1-5-19-10(2)8-12(11(19)3)13(20)9-18(4)7-6-14(15,16)17/h8H,5-7,9H2,1-4H3. The fourth-order valence-electron chi connectivity index (χ4n) is 2.30. The van der Waals surface area contributed by atoms with Crippen LogP contribution >= 0.6 is 0 Å². The maximum absolute atomic E-state index is 12.1. The second-order valence-corrected chi connectivity index (χ2v) is 5.06. The second kappa shape index (κ2) is 6.43. The van der Waals surface area contributed by atoms with Gasteiger partial charge in [-0.2, -0.15) is 13.2 Å². The Morgan fingerprint density at radius 3 is 2.40 bits per heavy atom. The molecule has 6 heteroatoms. The molecule has 0 radical (unpaired) electrons. The Hall–Kier alpha value is -1.30. The Morgan fingerprint density at radius 1 is 1.35 bits per heavy atom. The van der Waals surface area contributed by atoms with Crippen LogP contribution in [0.15, 0.2) is 6.07 Å². The molecule has 0 aliphatic heterocycles. The van der Waals surface area contributed by atoms with Crippen molar-refractivity contribution in [3.63, 3.8) is 0 Å². The summed E-state index contributed by atoms with van der Waals surface area (Å²) in [6.45, 7) is 6.38. The molecule has 114 valence electrons. The minimum Gasteiger partial charge on any atom is -0.349 e. The van der Waals surface area contributed by atoms with Crippen LogP contribution in [0.25, 0.3) is 0 Å². The van der Waals surface area contributed by atoms with Crippen LogP contribution in [0.2, 0.25) is 0 Å². The highest BCUT2D eigenvalue weighted by atomic mass is 19.4. The lowest BCUT2D eigenvalue weighted by Gasteiger charge is -2.16. The maximum atomic E-state index is 12.1. The van der Waals surface area contributed by atoms with Gasteiger partial charge >= 0.3 is 6.18 Å². The number of likely N-dealkylation sites (N-methyl/N-ethyl adjacent to an activating group) is 1. The van der Waals surface area contributed by atoms with Crippen LogP contribution in [0.5, 0.6) is 0 Å². The molecule has 0 aliphatic carbocycles. The Labute approximate surface area is 117 Å². The molecule has 0 spiro atoms. The van der Waals surface area contributed by atoms with Gasteiger partial charge in [-0.1, -0.05) is 0 Å². The lowest BCUT2D eigenvalue weighted by Crippen LogP contribution is -2.29. The van der Waals surface area contributed by atoms with E-state index in [0.717, 1.165) is 17.9 Å². The number of ketones is 1. The van der Waals surface area contributed by atoms with E-state index >= 15 is 0 Å². The fourth-order valence-corrected chi connectivity index (χ4v) is 2.30. The van der Waals surface area contributed by atoms with Crippen LogP contribution in [0.1, 0.15) is 35.1 Å². The van der Waals surface area contributed by atoms with Gasteiger partial charge < -0.3 is 4.57 Å². The van der Waals surface area contributed by atoms with E-state index in [2.05, 4.69) is 0 Å². The highest BCUT2D eigenvalue weighted by Crippen LogP contribution is 2.20. The summed E-state index contributed by atoms with van der Waals surface area (Å²) < 4.78 is 38.4. The van der Waals surface area contributed by atoms with E-state index in [0.29, 0.717) is 5.56 Å². The molecule has 1 aromatic rings. The Kier molecular flexibility index (Phi) is 5.39. The molecule has 1 heterocycles. The molecule has 0 bridgehead atoms. The van der Waals surface area contributed by atoms with Gasteiger partial charge in [-0.3, -0.25) is 9.69 Å². The van der Waals surface area contributed by atoms with Crippen molar-refractivity contribution in [3.05, 3.63) is 23.0 Å². The first-order valence-corrected chi connectivity index (χ1v) is 6.61. The van der Waals surface area contributed by atoms with Gasteiger partial charge in [0.1, 0.15) is 0 Å². The number of alkyl halides is 3. The lowest BCUT2D eigenvalue weighted by molar-refractivity contribution is -0.137. The molecule has 0 amide bonds. The van der Waals surface area contributed by atoms with E-state index < -0.39 is 12.6 Å². The first kappa shape index (κ1) is 16.8. The molecular weight excluding hydrogens is 269 g/mol. The molecule has 0 aromatic carbocycles. The first-order chi connectivity index (χ1) is 9.15. The predicted octanol–water partition coefficient (Wildman–Crippen LogP) is 3.19. The van der Waals surface area contributed by atoms with E-state index in [1.54, 1.807) is 6.07 Å². The van der Waals surface area contributed by atoms with Gasteiger partial charge in [-0.25, -0.2) is 0 Å². The van der Waals surface area contributed by atoms with Gasteiger partial charge in [-0.05, 0) is 33.9 Å². The van der Waals surface area contributed by atoms with Crippen molar-refractivity contribution >= 4 is 5.78 Å². The van der Waals surface area contributed by atoms with Gasteiger partial charge in [0.25, 0.3) is 0 Å². The molecule has 0 saturated carbocycles. The third-order valence-electron chi connectivity index (χ3n) is 3.38. The summed E-state index contributed by atoms with van der Waals surface area (Å²) >= 11 is 0. The number of hydrogen-bond acceptors (Lipinski definition) is 2. The van der Waals surface area contributed by atoms with E-state index in [4.69, 9.17) is 0 Å². The number of aryl methyl sites for hydroxylation is 1. The van der Waals surface area contributed by atoms with Gasteiger partial charge in [0.05, 0.1) is 13.0 Å². The number of carbonyl (C=O) groups is 1. The summed E-state index contributed by atoms with van der Waals surface area (Å²) in [7, 11) is 1.53. The number of nitrogens with zero attached hydrogens (tertiary/aromatic N) is 2. The van der Waals surface area contributed by atoms with Crippen LogP contribution < -0.4 is 0 Å². The maximum Gasteiger partial charge on any atom is 0.390 e. The average Bonchev–Trinajstić information content (AvgIpc) is 2.61. The first-order valence-electron chi connectivity index (χ1n) is 6.61. The summed E-state index contributed by atoms with van der Waals surface area (Å²) in [5.41, 5.74) is 2.47. The van der Waals surface area contributed by atoms with Crippen molar-refractivity contribution in [2.75, 3.05) is 20.1 Å². The van der Waals surface area contributed by atoms with Crippen molar-refractivity contribution in [2.24, 2.45) is 0 Å². The quantitative estimate of drug-likeness (QED) is 0.752. The summed E-state index contributed by atoms with van der Waals surface area (Å²) in [5.74, 6) is -0.137. The fraction of sp³-hybridized carbons (Fsp3) is 0.643. The summed E-state index contributed by atoms with van der Waals surface area (Å²) in [6, 6.07) is 1.80. The van der Waals surface area contributed by atoms with Crippen LogP contribution in [-0.4, -0.2) is 41.6 Å². The zero-order valence-corrected chi connectivity index (χ0v) is 12.3. The van der Waals surface area contributed by atoms with Crippen LogP contribution in [0.4, 0.5) is 13.2 Å². The molecular formula is C14H21F3N2O. The number of halogens is 3. The Balaban J connectivity index is 2.67. The van der Waals surface area contributed by atoms with Crippen molar-refractivity contribution in [1.29, 1.82) is 0 Å². The smallest absolute Gasteiger partial charge is 0.349 e. The van der Waals surface area contributed by atoms with Gasteiger partial charge in [0, 0.05) is 30.0 Å². The SMILES string of the molecule is CCn1c(C)cc(C(=O)CN(C)CCC(F)(F)F)c1C. The lowest BCUT2D eigenvalue weighted by atomic mass is 10.1. The van der Waals surface area contributed by atoms with E-state index in [9.17, 15) is 18.0 Å². The van der Waals surface area contributed by atoms with Crippen LogP contribution in [0, 0.1) is 13.8 Å². The predicted molar refractivity (Wildman–Crippen MR) is 72.1 cm³/mol. The number of hydrogen-bond donors (Lipinski definition) is 0. The largest absolute Gasteiger partial charge is 0.390 e. The second-order valence-electron chi connectivity index (χ2n) is 5.06. The molecule has 0 saturated heterocycles. The summed E-state index contributed by atoms with van der Waals surface area (Å²) in [5, 5.41) is 0. The molecule has 0 atom stereocenters. The minimum atomic E-state index is -4.19. The van der Waals surface area contributed by atoms with Gasteiger partial charge in [-0.15, -0.1) is 0 Å². The van der Waals surface area contributed by atoms with Crippen molar-refractivity contribution in [2.45, 2.75) is 39.9 Å². The molecule has 20 heavy (non-hydrogen) atoms. The molecule has 0 unspecified atom stereocenters. The highest BCUT2D eigenvalue weighted by Gasteiger charge is 2.27. The van der Waals surface area contributed by atoms with E-state index in [1.807, 2.05) is 25.3 Å². The summed E-state index contributed by atoms with van der Waals surface area (Å²) in [4.78, 5) is 13.6. The number of aromatic nitrogens is 1. The third kappa shape index (κ3) is 4.37. The third-order valence-corrected chi connectivity index (χ3v) is 3.38. The number of carbonyl (C=O) groups excluding carboxylic acids is 1.